The Morgan fingerprint density at radius 3 is 2.46 bits per heavy atom. The average molecular weight is 629 g/mol. The van der Waals surface area contributed by atoms with Gasteiger partial charge >= 0.3 is 0 Å². The number of carbonyl (C=O) groups excluding carboxylic acids is 2. The number of nitrogens with zero attached hydrogens (tertiary/aromatic N) is 5. The zero-order valence-corrected chi connectivity index (χ0v) is 25.3. The minimum absolute atomic E-state index is 0.130. The zero-order chi connectivity index (χ0) is 29.5. The van der Waals surface area contributed by atoms with E-state index in [2.05, 4.69) is 42.1 Å². The van der Waals surface area contributed by atoms with Crippen LogP contribution < -0.4 is 24.8 Å². The number of allylic oxidation sites excluding steroid dienone is 1. The number of benzene rings is 2. The molecule has 4 rings (SSSR count). The molecule has 12 nitrogen and oxygen atoms in total. The molecule has 13 heteroatoms. The predicted molar refractivity (Wildman–Crippen MR) is 157 cm³/mol. The van der Waals surface area contributed by atoms with Crippen molar-refractivity contribution in [3.63, 3.8) is 0 Å². The van der Waals surface area contributed by atoms with Crippen LogP contribution in [-0.2, 0) is 9.59 Å². The Bertz CT molecular complexity index is 1440. The topological polar surface area (TPSA) is 133 Å². The van der Waals surface area contributed by atoms with Crippen LogP contribution >= 0.6 is 15.9 Å². The molecule has 2 amide bonds. The van der Waals surface area contributed by atoms with Crippen LogP contribution in [0, 0.1) is 0 Å². The number of likely N-dealkylation sites (N-methyl/N-ethyl adjacent to an activating group) is 1. The number of para-hydroxylation sites is 2. The van der Waals surface area contributed by atoms with E-state index < -0.39 is 6.04 Å². The molecule has 1 aliphatic rings. The molecule has 41 heavy (non-hydrogen) atoms. The van der Waals surface area contributed by atoms with Crippen molar-refractivity contribution >= 4 is 39.4 Å². The lowest BCUT2D eigenvalue weighted by Gasteiger charge is -2.29. The summed E-state index contributed by atoms with van der Waals surface area (Å²) in [6.07, 6.45) is 0. The summed E-state index contributed by atoms with van der Waals surface area (Å²) in [4.78, 5) is 28.2. The maximum atomic E-state index is 13.9. The van der Waals surface area contributed by atoms with Gasteiger partial charge in [-0.15, -0.1) is 0 Å². The van der Waals surface area contributed by atoms with E-state index in [1.54, 1.807) is 30.0 Å². The van der Waals surface area contributed by atoms with Crippen molar-refractivity contribution in [3.8, 4) is 17.2 Å². The van der Waals surface area contributed by atoms with E-state index in [0.717, 1.165) is 0 Å². The first-order valence-electron chi connectivity index (χ1n) is 13.5. The second-order valence-electron chi connectivity index (χ2n) is 9.01. The summed E-state index contributed by atoms with van der Waals surface area (Å²) in [5.41, 5.74) is 2.19. The minimum atomic E-state index is -0.706. The van der Waals surface area contributed by atoms with Crippen molar-refractivity contribution in [2.24, 2.45) is 0 Å². The summed E-state index contributed by atoms with van der Waals surface area (Å²) in [6, 6.07) is 10.1. The van der Waals surface area contributed by atoms with Gasteiger partial charge in [-0.3, -0.25) is 9.59 Å². The highest BCUT2D eigenvalue weighted by Crippen LogP contribution is 2.43. The van der Waals surface area contributed by atoms with Crippen LogP contribution in [0.5, 0.6) is 17.2 Å². The van der Waals surface area contributed by atoms with E-state index in [4.69, 9.17) is 14.2 Å². The summed E-state index contributed by atoms with van der Waals surface area (Å²) in [5.74, 6) is 1.27. The van der Waals surface area contributed by atoms with Crippen molar-refractivity contribution in [3.05, 3.63) is 57.7 Å². The van der Waals surface area contributed by atoms with Gasteiger partial charge in [0.1, 0.15) is 11.8 Å². The Kier molecular flexibility index (Phi) is 9.82. The van der Waals surface area contributed by atoms with Gasteiger partial charge in [0, 0.05) is 18.8 Å². The first kappa shape index (κ1) is 29.8. The lowest BCUT2D eigenvalue weighted by molar-refractivity contribution is -0.133. The number of ether oxygens (including phenoxy) is 3. The molecule has 0 bridgehead atoms. The van der Waals surface area contributed by atoms with Crippen molar-refractivity contribution < 1.29 is 23.8 Å². The third kappa shape index (κ3) is 6.45. The fourth-order valence-corrected chi connectivity index (χ4v) is 5.18. The van der Waals surface area contributed by atoms with Crippen LogP contribution in [0.1, 0.15) is 46.2 Å². The zero-order valence-electron chi connectivity index (χ0n) is 23.7. The lowest BCUT2D eigenvalue weighted by Crippen LogP contribution is -2.34. The standard InChI is InChI=1S/C28H34BrN7O5/c1-6-35(7-2)23(37)16-41-26-19(29)14-18(15-22(26)40-9-4)25-24(17(5)30-28-32-33-34-36(25)28)27(38)31-20-12-10-11-13-21(20)39-8-3/h10-15,25H,6-9,16H2,1-5H3,(H,31,38)(H,30,32,34). The van der Waals surface area contributed by atoms with Gasteiger partial charge in [-0.25, -0.2) is 0 Å². The predicted octanol–water partition coefficient (Wildman–Crippen LogP) is 4.41. The van der Waals surface area contributed by atoms with Gasteiger partial charge in [0.15, 0.2) is 18.1 Å². The number of carbonyl (C=O) groups is 2. The molecule has 2 heterocycles. The monoisotopic (exact) mass is 627 g/mol. The maximum absolute atomic E-state index is 13.9. The van der Waals surface area contributed by atoms with Crippen LogP contribution in [0.2, 0.25) is 0 Å². The number of nitrogens with one attached hydrogen (secondary N) is 2. The number of hydrogen-bond donors (Lipinski definition) is 2. The van der Waals surface area contributed by atoms with E-state index in [9.17, 15) is 9.59 Å². The molecule has 218 valence electrons. The van der Waals surface area contributed by atoms with Crippen LogP contribution in [0.3, 0.4) is 0 Å². The van der Waals surface area contributed by atoms with E-state index in [1.165, 1.54) is 4.68 Å². The highest BCUT2D eigenvalue weighted by atomic mass is 79.9. The van der Waals surface area contributed by atoms with Gasteiger partial charge < -0.3 is 29.7 Å². The number of fused-ring (bicyclic) bond motifs is 1. The summed E-state index contributed by atoms with van der Waals surface area (Å²) in [7, 11) is 0. The number of tetrazole rings is 1. The second-order valence-corrected chi connectivity index (χ2v) is 9.87. The SMILES string of the molecule is CCOc1ccccc1NC(=O)C1=C(C)Nc2nnnn2C1c1cc(Br)c(OCC(=O)N(CC)CC)c(OCC)c1. The van der Waals surface area contributed by atoms with E-state index in [1.807, 2.05) is 45.9 Å². The molecule has 1 aliphatic heterocycles. The fraction of sp³-hybridized carbons (Fsp3) is 0.393. The van der Waals surface area contributed by atoms with Crippen LogP contribution in [-0.4, -0.2) is 69.8 Å². The van der Waals surface area contributed by atoms with E-state index >= 15 is 0 Å². The van der Waals surface area contributed by atoms with Gasteiger partial charge in [-0.05, 0) is 90.8 Å². The van der Waals surface area contributed by atoms with Crippen molar-refractivity contribution in [1.82, 2.24) is 25.1 Å². The Hall–Kier alpha value is -4.13. The van der Waals surface area contributed by atoms with Crippen molar-refractivity contribution in [2.45, 2.75) is 40.7 Å². The van der Waals surface area contributed by atoms with Crippen molar-refractivity contribution in [1.29, 1.82) is 0 Å². The number of aromatic nitrogens is 4. The molecule has 0 aliphatic carbocycles. The largest absolute Gasteiger partial charge is 0.492 e. The van der Waals surface area contributed by atoms with Crippen LogP contribution in [0.25, 0.3) is 0 Å². The fourth-order valence-electron chi connectivity index (χ4n) is 4.61. The van der Waals surface area contributed by atoms with Crippen LogP contribution in [0.4, 0.5) is 11.6 Å². The van der Waals surface area contributed by atoms with Gasteiger partial charge in [-0.1, -0.05) is 17.2 Å². The summed E-state index contributed by atoms with van der Waals surface area (Å²) >= 11 is 3.60. The molecule has 0 saturated carbocycles. The number of hydrogen-bond acceptors (Lipinski definition) is 9. The Morgan fingerprint density at radius 2 is 1.76 bits per heavy atom. The van der Waals surface area contributed by atoms with Gasteiger partial charge in [-0.2, -0.15) is 4.68 Å². The van der Waals surface area contributed by atoms with E-state index in [0.29, 0.717) is 76.5 Å². The highest BCUT2D eigenvalue weighted by Gasteiger charge is 2.35. The molecule has 1 aromatic heterocycles. The Morgan fingerprint density at radius 1 is 1.05 bits per heavy atom. The molecule has 2 aromatic carbocycles. The van der Waals surface area contributed by atoms with Crippen molar-refractivity contribution in [2.75, 3.05) is 43.5 Å². The maximum Gasteiger partial charge on any atom is 0.260 e. The molecule has 2 N–H and O–H groups in total. The minimum Gasteiger partial charge on any atom is -0.492 e. The third-order valence-corrected chi connectivity index (χ3v) is 7.09. The van der Waals surface area contributed by atoms with Gasteiger partial charge in [0.05, 0.1) is 28.9 Å². The molecule has 0 radical (unpaired) electrons. The Labute approximate surface area is 247 Å². The number of rotatable bonds is 12. The molecule has 3 aromatic rings. The molecule has 0 saturated heterocycles. The first-order chi connectivity index (χ1) is 19.8. The normalized spacial score (nSPS) is 14.1. The molecule has 1 atom stereocenters. The smallest absolute Gasteiger partial charge is 0.260 e. The van der Waals surface area contributed by atoms with Gasteiger partial charge in [0.25, 0.3) is 11.8 Å². The second kappa shape index (κ2) is 13.5. The summed E-state index contributed by atoms with van der Waals surface area (Å²) in [5, 5.41) is 18.2. The average Bonchev–Trinajstić information content (AvgIpc) is 3.41. The third-order valence-electron chi connectivity index (χ3n) is 6.50. The van der Waals surface area contributed by atoms with Gasteiger partial charge in [0.2, 0.25) is 5.95 Å². The van der Waals surface area contributed by atoms with Crippen LogP contribution in [0.15, 0.2) is 52.1 Å². The number of anilines is 2. The quantitative estimate of drug-likeness (QED) is 0.299. The lowest BCUT2D eigenvalue weighted by atomic mass is 9.94. The number of amides is 2. The number of halogens is 1. The molecule has 0 fully saturated rings. The summed E-state index contributed by atoms with van der Waals surface area (Å²) < 4.78 is 19.7. The van der Waals surface area contributed by atoms with E-state index in [-0.39, 0.29) is 18.4 Å². The summed E-state index contributed by atoms with van der Waals surface area (Å²) in [6.45, 7) is 11.2. The molecular formula is C28H34BrN7O5. The molecular weight excluding hydrogens is 594 g/mol. The Balaban J connectivity index is 1.73. The first-order valence-corrected chi connectivity index (χ1v) is 14.3. The molecule has 0 spiro atoms. The highest BCUT2D eigenvalue weighted by molar-refractivity contribution is 9.10. The molecule has 1 unspecified atom stereocenters.